The van der Waals surface area contributed by atoms with Gasteiger partial charge in [-0.05, 0) is 74.7 Å². The maximum absolute atomic E-state index is 3.65. The summed E-state index contributed by atoms with van der Waals surface area (Å²) in [6.45, 7) is 0. The van der Waals surface area contributed by atoms with E-state index in [0.29, 0.717) is 0 Å². The lowest BCUT2D eigenvalue weighted by Gasteiger charge is -2.35. The molecule has 0 fully saturated rings. The molecular formula is C32H23N. The van der Waals surface area contributed by atoms with Crippen LogP contribution in [0.25, 0.3) is 22.3 Å². The molecule has 1 heteroatoms. The monoisotopic (exact) mass is 421 g/mol. The standard InChI is InChI=1S/C32H23N/c1-3-12-24(13-4-1)32(31-17-5-2-10-18-33-31)29-16-9-8-15-26(29)28-21-27-23(20-30(28)32)19-22-11-6-7-14-25(22)27/h1-18,20-21,33H,19H2. The molecule has 1 heterocycles. The van der Waals surface area contributed by atoms with E-state index in [1.807, 2.05) is 6.20 Å². The van der Waals surface area contributed by atoms with Crippen molar-refractivity contribution < 1.29 is 0 Å². The molecule has 0 saturated heterocycles. The van der Waals surface area contributed by atoms with Crippen molar-refractivity contribution in [1.82, 2.24) is 5.32 Å². The molecule has 4 aromatic rings. The molecule has 156 valence electrons. The summed E-state index contributed by atoms with van der Waals surface area (Å²) < 4.78 is 0. The molecule has 2 aliphatic carbocycles. The van der Waals surface area contributed by atoms with Gasteiger partial charge in [-0.15, -0.1) is 0 Å². The zero-order valence-corrected chi connectivity index (χ0v) is 18.3. The minimum absolute atomic E-state index is 0.393. The lowest BCUT2D eigenvalue weighted by molar-refractivity contribution is 0.696. The van der Waals surface area contributed by atoms with E-state index >= 15 is 0 Å². The number of benzene rings is 4. The average molecular weight is 422 g/mol. The predicted octanol–water partition coefficient (Wildman–Crippen LogP) is 7.13. The van der Waals surface area contributed by atoms with Gasteiger partial charge < -0.3 is 5.32 Å². The lowest BCUT2D eigenvalue weighted by Crippen LogP contribution is -2.35. The van der Waals surface area contributed by atoms with Crippen LogP contribution in [-0.4, -0.2) is 0 Å². The van der Waals surface area contributed by atoms with E-state index in [4.69, 9.17) is 0 Å². The number of hydrogen-bond acceptors (Lipinski definition) is 1. The third kappa shape index (κ3) is 2.48. The quantitative estimate of drug-likeness (QED) is 0.320. The Hall–Kier alpha value is -4.10. The fraction of sp³-hybridized carbons (Fsp3) is 0.0625. The van der Waals surface area contributed by atoms with E-state index in [9.17, 15) is 0 Å². The van der Waals surface area contributed by atoms with Gasteiger partial charge in [-0.25, -0.2) is 0 Å². The van der Waals surface area contributed by atoms with Crippen LogP contribution in [0, 0.1) is 0 Å². The zero-order chi connectivity index (χ0) is 21.8. The molecule has 0 radical (unpaired) electrons. The number of rotatable bonds is 2. The molecular weight excluding hydrogens is 398 g/mol. The highest BCUT2D eigenvalue weighted by atomic mass is 14.9. The summed E-state index contributed by atoms with van der Waals surface area (Å²) in [5.41, 5.74) is 13.0. The lowest BCUT2D eigenvalue weighted by atomic mass is 9.69. The molecule has 3 aliphatic rings. The van der Waals surface area contributed by atoms with Gasteiger partial charge in [0.15, 0.2) is 0 Å². The number of hydrogen-bond donors (Lipinski definition) is 1. The normalized spacial score (nSPS) is 19.1. The second-order valence-corrected chi connectivity index (χ2v) is 9.02. The molecule has 7 rings (SSSR count). The van der Waals surface area contributed by atoms with Crippen LogP contribution in [0.3, 0.4) is 0 Å². The van der Waals surface area contributed by atoms with E-state index in [2.05, 4.69) is 121 Å². The second-order valence-electron chi connectivity index (χ2n) is 9.02. The minimum atomic E-state index is -0.393. The van der Waals surface area contributed by atoms with Gasteiger partial charge >= 0.3 is 0 Å². The highest BCUT2D eigenvalue weighted by Gasteiger charge is 2.48. The average Bonchev–Trinajstić information content (AvgIpc) is 3.22. The Kier molecular flexibility index (Phi) is 3.89. The fourth-order valence-electron chi connectivity index (χ4n) is 6.04. The van der Waals surface area contributed by atoms with Gasteiger partial charge in [0.05, 0.1) is 5.41 Å². The van der Waals surface area contributed by atoms with Gasteiger partial charge in [0.2, 0.25) is 0 Å². The number of allylic oxidation sites excluding steroid dienone is 5. The van der Waals surface area contributed by atoms with Gasteiger partial charge in [0.1, 0.15) is 0 Å². The third-order valence-corrected chi connectivity index (χ3v) is 7.39. The van der Waals surface area contributed by atoms with Crippen LogP contribution in [0.2, 0.25) is 0 Å². The molecule has 0 saturated carbocycles. The van der Waals surface area contributed by atoms with E-state index in [-0.39, 0.29) is 0 Å². The van der Waals surface area contributed by atoms with Crippen LogP contribution in [0.5, 0.6) is 0 Å². The van der Waals surface area contributed by atoms with Crippen molar-refractivity contribution in [1.29, 1.82) is 0 Å². The molecule has 33 heavy (non-hydrogen) atoms. The second kappa shape index (κ2) is 6.95. The van der Waals surface area contributed by atoms with E-state index in [1.165, 1.54) is 55.8 Å². The number of fused-ring (bicyclic) bond motifs is 6. The molecule has 1 N–H and O–H groups in total. The fourth-order valence-corrected chi connectivity index (χ4v) is 6.04. The molecule has 1 unspecified atom stereocenters. The first-order chi connectivity index (χ1) is 16.4. The predicted molar refractivity (Wildman–Crippen MR) is 136 cm³/mol. The summed E-state index contributed by atoms with van der Waals surface area (Å²) in [6.07, 6.45) is 11.6. The van der Waals surface area contributed by atoms with Crippen LogP contribution < -0.4 is 5.32 Å². The molecule has 4 aromatic carbocycles. The first-order valence-electron chi connectivity index (χ1n) is 11.6. The van der Waals surface area contributed by atoms with Crippen molar-refractivity contribution in [3.05, 3.63) is 155 Å². The SMILES string of the molecule is C1=CC=C(C2(c3ccccc3)c3ccccc3-c3cc4c(cc32)Cc2ccccc2-4)NC=C1. The van der Waals surface area contributed by atoms with Crippen molar-refractivity contribution in [3.8, 4) is 22.3 Å². The Bertz CT molecular complexity index is 1500. The summed E-state index contributed by atoms with van der Waals surface area (Å²) in [6, 6.07) is 33.7. The summed E-state index contributed by atoms with van der Waals surface area (Å²) in [4.78, 5) is 0. The summed E-state index contributed by atoms with van der Waals surface area (Å²) >= 11 is 0. The molecule has 0 aromatic heterocycles. The van der Waals surface area contributed by atoms with Gasteiger partial charge in [-0.3, -0.25) is 0 Å². The van der Waals surface area contributed by atoms with Crippen LogP contribution in [-0.2, 0) is 11.8 Å². The third-order valence-electron chi connectivity index (χ3n) is 7.39. The Balaban J connectivity index is 1.60. The molecule has 0 bridgehead atoms. The van der Waals surface area contributed by atoms with E-state index in [1.54, 1.807) is 0 Å². The van der Waals surface area contributed by atoms with Crippen molar-refractivity contribution in [3.63, 3.8) is 0 Å². The van der Waals surface area contributed by atoms with E-state index < -0.39 is 5.41 Å². The molecule has 0 spiro atoms. The highest BCUT2D eigenvalue weighted by molar-refractivity contribution is 5.91. The summed E-state index contributed by atoms with van der Waals surface area (Å²) in [5, 5.41) is 3.65. The van der Waals surface area contributed by atoms with Crippen molar-refractivity contribution >= 4 is 0 Å². The molecule has 0 amide bonds. The Morgan fingerprint density at radius 2 is 1.36 bits per heavy atom. The molecule has 1 aliphatic heterocycles. The summed E-state index contributed by atoms with van der Waals surface area (Å²) in [7, 11) is 0. The molecule has 1 atom stereocenters. The van der Waals surface area contributed by atoms with Crippen LogP contribution in [0.1, 0.15) is 27.8 Å². The first-order valence-corrected chi connectivity index (χ1v) is 11.6. The highest BCUT2D eigenvalue weighted by Crippen LogP contribution is 2.57. The minimum Gasteiger partial charge on any atom is -0.364 e. The topological polar surface area (TPSA) is 12.0 Å². The van der Waals surface area contributed by atoms with Crippen LogP contribution in [0.4, 0.5) is 0 Å². The van der Waals surface area contributed by atoms with Crippen molar-refractivity contribution in [2.75, 3.05) is 0 Å². The molecule has 1 nitrogen and oxygen atoms in total. The van der Waals surface area contributed by atoms with Gasteiger partial charge in [0.25, 0.3) is 0 Å². The number of nitrogens with one attached hydrogen (secondary N) is 1. The first kappa shape index (κ1) is 18.5. The Morgan fingerprint density at radius 3 is 2.27 bits per heavy atom. The maximum atomic E-state index is 3.65. The smallest absolute Gasteiger partial charge is 0.0863 e. The van der Waals surface area contributed by atoms with Gasteiger partial charge in [-0.1, -0.05) is 97.1 Å². The van der Waals surface area contributed by atoms with Gasteiger partial charge in [0, 0.05) is 11.9 Å². The maximum Gasteiger partial charge on any atom is 0.0863 e. The Labute approximate surface area is 194 Å². The van der Waals surface area contributed by atoms with Crippen molar-refractivity contribution in [2.24, 2.45) is 0 Å². The Morgan fingerprint density at radius 1 is 0.576 bits per heavy atom. The van der Waals surface area contributed by atoms with Gasteiger partial charge in [-0.2, -0.15) is 0 Å². The largest absolute Gasteiger partial charge is 0.364 e. The van der Waals surface area contributed by atoms with Crippen molar-refractivity contribution in [2.45, 2.75) is 11.8 Å². The van der Waals surface area contributed by atoms with Crippen LogP contribution >= 0.6 is 0 Å². The van der Waals surface area contributed by atoms with E-state index in [0.717, 1.165) is 6.42 Å². The summed E-state index contributed by atoms with van der Waals surface area (Å²) in [5.74, 6) is 0. The van der Waals surface area contributed by atoms with Crippen LogP contribution in [0.15, 0.2) is 127 Å². The zero-order valence-electron chi connectivity index (χ0n) is 18.3.